The second kappa shape index (κ2) is 9.09. The van der Waals surface area contributed by atoms with E-state index in [1.807, 2.05) is 37.4 Å². The molecule has 1 N–H and O–H groups in total. The molecule has 154 valence electrons. The van der Waals surface area contributed by atoms with Crippen molar-refractivity contribution in [1.29, 1.82) is 0 Å². The maximum Gasteiger partial charge on any atom is 0.269 e. The van der Waals surface area contributed by atoms with Crippen LogP contribution in [-0.4, -0.2) is 51.2 Å². The molecule has 2 aromatic carbocycles. The fraction of sp³-hybridized carbons (Fsp3) is 0.333. The fourth-order valence-electron chi connectivity index (χ4n) is 3.28. The van der Waals surface area contributed by atoms with Crippen LogP contribution in [-0.2, 0) is 14.8 Å². The van der Waals surface area contributed by atoms with Gasteiger partial charge in [0.05, 0.1) is 5.56 Å². The number of amides is 2. The Morgan fingerprint density at radius 3 is 2.45 bits per heavy atom. The molecule has 0 bridgehead atoms. The monoisotopic (exact) mass is 415 g/mol. The summed E-state index contributed by atoms with van der Waals surface area (Å²) in [5, 5.41) is 2.85. The quantitative estimate of drug-likeness (QED) is 0.635. The molecule has 0 fully saturated rings. The Kier molecular flexibility index (Phi) is 6.53. The average molecular weight is 416 g/mol. The van der Waals surface area contributed by atoms with Crippen LogP contribution in [0.3, 0.4) is 0 Å². The van der Waals surface area contributed by atoms with E-state index in [1.165, 1.54) is 12.1 Å². The summed E-state index contributed by atoms with van der Waals surface area (Å²) in [5.41, 5.74) is 1.32. The van der Waals surface area contributed by atoms with Gasteiger partial charge in [-0.05, 0) is 37.1 Å². The summed E-state index contributed by atoms with van der Waals surface area (Å²) in [6.45, 7) is 1.35. The van der Waals surface area contributed by atoms with Crippen molar-refractivity contribution in [3.05, 3.63) is 60.2 Å². The van der Waals surface area contributed by atoms with Crippen LogP contribution < -0.4 is 10.2 Å². The highest BCUT2D eigenvalue weighted by Crippen LogP contribution is 2.29. The third kappa shape index (κ3) is 4.76. The Labute approximate surface area is 171 Å². The summed E-state index contributed by atoms with van der Waals surface area (Å²) in [7, 11) is -1.80. The van der Waals surface area contributed by atoms with E-state index in [-0.39, 0.29) is 35.8 Å². The van der Waals surface area contributed by atoms with Crippen LogP contribution in [0.15, 0.2) is 59.5 Å². The van der Waals surface area contributed by atoms with Gasteiger partial charge in [-0.15, -0.1) is 0 Å². The SMILES string of the molecule is CN(CCCNC(=O)CCCN1C(=O)c2ccccc2S1(=O)=O)c1ccccc1. The number of anilines is 1. The Balaban J connectivity index is 1.38. The van der Waals surface area contributed by atoms with Gasteiger partial charge in [-0.3, -0.25) is 9.59 Å². The van der Waals surface area contributed by atoms with Gasteiger partial charge in [-0.25, -0.2) is 12.7 Å². The maximum absolute atomic E-state index is 12.5. The first-order valence-corrected chi connectivity index (χ1v) is 11.0. The molecule has 2 amide bonds. The number of sulfonamides is 1. The largest absolute Gasteiger partial charge is 0.375 e. The first-order chi connectivity index (χ1) is 13.9. The number of carbonyl (C=O) groups is 2. The highest BCUT2D eigenvalue weighted by molar-refractivity contribution is 7.90. The summed E-state index contributed by atoms with van der Waals surface area (Å²) < 4.78 is 25.8. The van der Waals surface area contributed by atoms with Crippen molar-refractivity contribution >= 4 is 27.5 Å². The van der Waals surface area contributed by atoms with Crippen molar-refractivity contribution in [3.63, 3.8) is 0 Å². The van der Waals surface area contributed by atoms with Gasteiger partial charge in [0.15, 0.2) is 0 Å². The fourth-order valence-corrected chi connectivity index (χ4v) is 4.89. The minimum Gasteiger partial charge on any atom is -0.375 e. The Hall–Kier alpha value is -2.87. The molecule has 0 aromatic heterocycles. The molecule has 3 rings (SSSR count). The molecular weight excluding hydrogens is 390 g/mol. The number of hydrogen-bond donors (Lipinski definition) is 1. The average Bonchev–Trinajstić information content (AvgIpc) is 2.92. The molecule has 0 saturated heterocycles. The molecule has 0 spiro atoms. The van der Waals surface area contributed by atoms with E-state index >= 15 is 0 Å². The lowest BCUT2D eigenvalue weighted by molar-refractivity contribution is -0.121. The number of carbonyl (C=O) groups excluding carboxylic acids is 2. The number of nitrogens with one attached hydrogen (secondary N) is 1. The van der Waals surface area contributed by atoms with Gasteiger partial charge in [0.2, 0.25) is 5.91 Å². The molecule has 0 unspecified atom stereocenters. The van der Waals surface area contributed by atoms with E-state index in [4.69, 9.17) is 0 Å². The second-order valence-corrected chi connectivity index (χ2v) is 8.77. The lowest BCUT2D eigenvalue weighted by Gasteiger charge is -2.19. The number of para-hydroxylation sites is 1. The zero-order chi connectivity index (χ0) is 20.9. The molecule has 0 atom stereocenters. The molecule has 2 aromatic rings. The van der Waals surface area contributed by atoms with E-state index < -0.39 is 15.9 Å². The van der Waals surface area contributed by atoms with Crippen molar-refractivity contribution in [2.24, 2.45) is 0 Å². The van der Waals surface area contributed by atoms with Crippen molar-refractivity contribution in [3.8, 4) is 0 Å². The summed E-state index contributed by atoms with van der Waals surface area (Å²) in [5.74, 6) is -0.668. The van der Waals surface area contributed by atoms with Crippen LogP contribution in [0, 0.1) is 0 Å². The van der Waals surface area contributed by atoms with Crippen LogP contribution in [0.25, 0.3) is 0 Å². The van der Waals surface area contributed by atoms with Gasteiger partial charge < -0.3 is 10.2 Å². The molecular formula is C21H25N3O4S. The lowest BCUT2D eigenvalue weighted by Crippen LogP contribution is -2.32. The zero-order valence-electron chi connectivity index (χ0n) is 16.4. The van der Waals surface area contributed by atoms with E-state index in [0.717, 1.165) is 23.0 Å². The van der Waals surface area contributed by atoms with Gasteiger partial charge in [0, 0.05) is 38.8 Å². The van der Waals surface area contributed by atoms with Crippen molar-refractivity contribution < 1.29 is 18.0 Å². The van der Waals surface area contributed by atoms with Crippen LogP contribution in [0.4, 0.5) is 5.69 Å². The minimum atomic E-state index is -3.80. The number of hydrogen-bond acceptors (Lipinski definition) is 5. The molecule has 1 aliphatic heterocycles. The molecule has 29 heavy (non-hydrogen) atoms. The third-order valence-electron chi connectivity index (χ3n) is 4.87. The van der Waals surface area contributed by atoms with Crippen LogP contribution in [0.1, 0.15) is 29.6 Å². The number of nitrogens with zero attached hydrogens (tertiary/aromatic N) is 2. The van der Waals surface area contributed by atoms with E-state index in [0.29, 0.717) is 6.54 Å². The number of rotatable bonds is 9. The second-order valence-electron chi connectivity index (χ2n) is 6.94. The standard InChI is InChI=1S/C21H25N3O4S/c1-23(17-9-3-2-4-10-17)15-8-14-22-20(25)13-7-16-24-21(26)18-11-5-6-12-19(18)29(24,27)28/h2-6,9-12H,7-8,13-16H2,1H3,(H,22,25). The van der Waals surface area contributed by atoms with Gasteiger partial charge in [0.1, 0.15) is 4.90 Å². The highest BCUT2D eigenvalue weighted by Gasteiger charge is 2.40. The predicted octanol–water partition coefficient (Wildman–Crippen LogP) is 2.25. The van der Waals surface area contributed by atoms with Gasteiger partial charge >= 0.3 is 0 Å². The van der Waals surface area contributed by atoms with E-state index in [1.54, 1.807) is 12.1 Å². The summed E-state index contributed by atoms with van der Waals surface area (Å²) in [6.07, 6.45) is 1.25. The zero-order valence-corrected chi connectivity index (χ0v) is 17.2. The van der Waals surface area contributed by atoms with E-state index in [2.05, 4.69) is 10.2 Å². The van der Waals surface area contributed by atoms with Gasteiger partial charge in [-0.2, -0.15) is 0 Å². The molecule has 0 radical (unpaired) electrons. The molecule has 7 nitrogen and oxygen atoms in total. The van der Waals surface area contributed by atoms with Crippen molar-refractivity contribution in [2.45, 2.75) is 24.2 Å². The minimum absolute atomic E-state index is 0.0000115. The van der Waals surface area contributed by atoms with Gasteiger partial charge in [0.25, 0.3) is 15.9 Å². The molecule has 1 aliphatic rings. The van der Waals surface area contributed by atoms with Gasteiger partial charge in [-0.1, -0.05) is 30.3 Å². The predicted molar refractivity (Wildman–Crippen MR) is 111 cm³/mol. The number of benzene rings is 2. The van der Waals surface area contributed by atoms with Crippen LogP contribution in [0.5, 0.6) is 0 Å². The number of fused-ring (bicyclic) bond motifs is 1. The van der Waals surface area contributed by atoms with Crippen LogP contribution in [0.2, 0.25) is 0 Å². The lowest BCUT2D eigenvalue weighted by atomic mass is 10.2. The van der Waals surface area contributed by atoms with E-state index in [9.17, 15) is 18.0 Å². The van der Waals surface area contributed by atoms with Crippen molar-refractivity contribution in [2.75, 3.05) is 31.6 Å². The third-order valence-corrected chi connectivity index (χ3v) is 6.71. The smallest absolute Gasteiger partial charge is 0.269 e. The first kappa shape index (κ1) is 20.9. The Morgan fingerprint density at radius 1 is 1.03 bits per heavy atom. The topological polar surface area (TPSA) is 86.8 Å². The Morgan fingerprint density at radius 2 is 1.72 bits per heavy atom. The summed E-state index contributed by atoms with van der Waals surface area (Å²) in [6, 6.07) is 16.2. The first-order valence-electron chi connectivity index (χ1n) is 9.60. The molecule has 1 heterocycles. The summed E-state index contributed by atoms with van der Waals surface area (Å²) in [4.78, 5) is 26.5. The normalized spacial score (nSPS) is 14.5. The maximum atomic E-state index is 12.5. The summed E-state index contributed by atoms with van der Waals surface area (Å²) >= 11 is 0. The molecule has 0 saturated carbocycles. The molecule has 0 aliphatic carbocycles. The van der Waals surface area contributed by atoms with Crippen molar-refractivity contribution in [1.82, 2.24) is 9.62 Å². The van der Waals surface area contributed by atoms with Crippen LogP contribution >= 0.6 is 0 Å². The highest BCUT2D eigenvalue weighted by atomic mass is 32.2. The Bertz CT molecular complexity index is 976. The molecule has 8 heteroatoms.